The number of amides is 1. The van der Waals surface area contributed by atoms with Gasteiger partial charge in [0.2, 0.25) is 5.13 Å². The predicted molar refractivity (Wildman–Crippen MR) is 152 cm³/mol. The molecule has 1 amide bonds. The van der Waals surface area contributed by atoms with E-state index in [0.717, 1.165) is 16.0 Å². The smallest absolute Gasteiger partial charge is 0.264 e. The minimum Gasteiger partial charge on any atom is -0.493 e. The molecule has 1 fully saturated rings. The Kier molecular flexibility index (Phi) is 8.95. The topological polar surface area (TPSA) is 111 Å². The third kappa shape index (κ3) is 7.06. The predicted octanol–water partition coefficient (Wildman–Crippen LogP) is 6.72. The summed E-state index contributed by atoms with van der Waals surface area (Å²) in [6, 6.07) is 7.64. The maximum atomic E-state index is 13.6. The molecule has 2 N–H and O–H groups in total. The molecule has 1 aliphatic rings. The van der Waals surface area contributed by atoms with Gasteiger partial charge < -0.3 is 14.8 Å². The third-order valence-electron chi connectivity index (χ3n) is 6.28. The van der Waals surface area contributed by atoms with Crippen LogP contribution in [0.2, 0.25) is 5.02 Å². The highest BCUT2D eigenvalue weighted by Crippen LogP contribution is 2.36. The molecule has 4 aromatic rings. The van der Waals surface area contributed by atoms with Crippen LogP contribution in [-0.2, 0) is 4.79 Å². The van der Waals surface area contributed by atoms with Crippen LogP contribution in [-0.4, -0.2) is 45.5 Å². The molecule has 2 aromatic heterocycles. The number of hydrogen-bond acceptors (Lipinski definition) is 10. The van der Waals surface area contributed by atoms with Gasteiger partial charge in [-0.3, -0.25) is 10.1 Å². The van der Waals surface area contributed by atoms with Gasteiger partial charge in [0.15, 0.2) is 22.4 Å². The first kappa shape index (κ1) is 27.4. The van der Waals surface area contributed by atoms with Crippen LogP contribution in [0.3, 0.4) is 0 Å². The van der Waals surface area contributed by atoms with Gasteiger partial charge >= 0.3 is 0 Å². The van der Waals surface area contributed by atoms with Crippen molar-refractivity contribution in [1.82, 2.24) is 20.2 Å². The van der Waals surface area contributed by atoms with Gasteiger partial charge in [0.1, 0.15) is 18.0 Å². The summed E-state index contributed by atoms with van der Waals surface area (Å²) in [5.41, 5.74) is 1.13. The largest absolute Gasteiger partial charge is 0.493 e. The Labute approximate surface area is 237 Å². The zero-order valence-electron chi connectivity index (χ0n) is 21.1. The zero-order valence-corrected chi connectivity index (χ0v) is 23.5. The molecule has 39 heavy (non-hydrogen) atoms. The van der Waals surface area contributed by atoms with E-state index in [2.05, 4.69) is 30.8 Å². The number of halogens is 2. The maximum Gasteiger partial charge on any atom is 0.264 e. The van der Waals surface area contributed by atoms with E-state index in [4.69, 9.17) is 21.1 Å². The van der Waals surface area contributed by atoms with E-state index >= 15 is 0 Å². The second kappa shape index (κ2) is 12.8. The van der Waals surface area contributed by atoms with Crippen molar-refractivity contribution in [2.45, 2.75) is 36.4 Å². The van der Waals surface area contributed by atoms with Gasteiger partial charge in [-0.2, -0.15) is 0 Å². The minimum absolute atomic E-state index is 0.0135. The minimum atomic E-state index is -0.517. The van der Waals surface area contributed by atoms with Gasteiger partial charge in [0, 0.05) is 22.9 Å². The Balaban J connectivity index is 1.23. The first-order valence-corrected chi connectivity index (χ1v) is 14.6. The van der Waals surface area contributed by atoms with Crippen LogP contribution in [0.4, 0.5) is 21.0 Å². The van der Waals surface area contributed by atoms with Gasteiger partial charge in [0.05, 0.1) is 17.6 Å². The lowest BCUT2D eigenvalue weighted by Crippen LogP contribution is -2.20. The summed E-state index contributed by atoms with van der Waals surface area (Å²) in [6.07, 6.45) is 7.88. The van der Waals surface area contributed by atoms with E-state index in [1.807, 2.05) is 0 Å². The highest BCUT2D eigenvalue weighted by molar-refractivity contribution is 8.01. The first-order chi connectivity index (χ1) is 19.0. The van der Waals surface area contributed by atoms with Crippen LogP contribution in [0, 0.1) is 11.7 Å². The zero-order chi connectivity index (χ0) is 27.2. The molecule has 0 unspecified atom stereocenters. The summed E-state index contributed by atoms with van der Waals surface area (Å²) in [7, 11) is 1.50. The van der Waals surface area contributed by atoms with E-state index in [-0.39, 0.29) is 17.5 Å². The number of anilines is 3. The quantitative estimate of drug-likeness (QED) is 0.154. The normalized spacial score (nSPS) is 13.8. The fourth-order valence-corrected chi connectivity index (χ4v) is 6.47. The van der Waals surface area contributed by atoms with Gasteiger partial charge in [-0.25, -0.2) is 14.4 Å². The SMILES string of the molecule is COc1cc2ncnc(Nc3ccc(F)c(Cl)c3)c2cc1OCC(=O)Nc1nnc(SCC2CCCCC2)s1. The van der Waals surface area contributed by atoms with Crippen LogP contribution >= 0.6 is 34.7 Å². The molecular formula is C26H26ClFN6O3S2. The number of nitrogens with one attached hydrogen (secondary N) is 2. The number of carbonyl (C=O) groups excluding carboxylic acids is 1. The summed E-state index contributed by atoms with van der Waals surface area (Å²) in [4.78, 5) is 21.2. The van der Waals surface area contributed by atoms with E-state index in [1.54, 1.807) is 30.0 Å². The summed E-state index contributed by atoms with van der Waals surface area (Å²) < 4.78 is 25.7. The number of methoxy groups -OCH3 is 1. The Morgan fingerprint density at radius 3 is 2.79 bits per heavy atom. The van der Waals surface area contributed by atoms with Crippen molar-refractivity contribution in [3.05, 3.63) is 47.5 Å². The number of hydrogen-bond donors (Lipinski definition) is 2. The van der Waals surface area contributed by atoms with Crippen LogP contribution < -0.4 is 20.1 Å². The molecule has 0 bridgehead atoms. The lowest BCUT2D eigenvalue weighted by Gasteiger charge is -2.20. The Morgan fingerprint density at radius 2 is 2.00 bits per heavy atom. The van der Waals surface area contributed by atoms with E-state index in [0.29, 0.717) is 39.0 Å². The van der Waals surface area contributed by atoms with Crippen molar-refractivity contribution in [3.8, 4) is 11.5 Å². The standard InChI is InChI=1S/C26H26ClFN6O3S2/c1-36-21-11-20-17(24(30-14-29-20)31-16-7-8-19(28)18(27)9-16)10-22(21)37-12-23(35)32-25-33-34-26(39-25)38-13-15-5-3-2-4-6-15/h7-11,14-15H,2-6,12-13H2,1H3,(H,29,30,31)(H,32,33,35). The second-order valence-corrected chi connectivity index (χ2v) is 11.7. The maximum absolute atomic E-state index is 13.6. The summed E-state index contributed by atoms with van der Waals surface area (Å²) in [5.74, 6) is 2.05. The molecule has 204 valence electrons. The highest BCUT2D eigenvalue weighted by atomic mass is 35.5. The number of ether oxygens (including phenoxy) is 2. The van der Waals surface area contributed by atoms with Crippen molar-refractivity contribution in [2.75, 3.05) is 30.1 Å². The van der Waals surface area contributed by atoms with Crippen LogP contribution in [0.25, 0.3) is 10.9 Å². The third-order valence-corrected chi connectivity index (χ3v) is 8.78. The van der Waals surface area contributed by atoms with E-state index in [1.165, 1.54) is 69.0 Å². The fourth-order valence-electron chi connectivity index (χ4n) is 4.31. The number of rotatable bonds is 10. The average Bonchev–Trinajstić information content (AvgIpc) is 3.40. The molecule has 0 saturated heterocycles. The van der Waals surface area contributed by atoms with Gasteiger partial charge in [-0.05, 0) is 43.0 Å². The molecule has 0 spiro atoms. The van der Waals surface area contributed by atoms with E-state index in [9.17, 15) is 9.18 Å². The van der Waals surface area contributed by atoms with Crippen molar-refractivity contribution < 1.29 is 18.7 Å². The molecule has 1 saturated carbocycles. The summed E-state index contributed by atoms with van der Waals surface area (Å²) >= 11 is 8.96. The molecule has 1 aliphatic carbocycles. The number of carbonyl (C=O) groups is 1. The number of aromatic nitrogens is 4. The second-order valence-electron chi connectivity index (χ2n) is 9.02. The average molecular weight is 589 g/mol. The number of fused-ring (bicyclic) bond motifs is 1. The molecule has 2 aromatic carbocycles. The molecule has 0 radical (unpaired) electrons. The van der Waals surface area contributed by atoms with Crippen molar-refractivity contribution in [3.63, 3.8) is 0 Å². The Morgan fingerprint density at radius 1 is 1.15 bits per heavy atom. The van der Waals surface area contributed by atoms with Crippen molar-refractivity contribution >= 4 is 68.1 Å². The van der Waals surface area contributed by atoms with Gasteiger partial charge in [0.25, 0.3) is 5.91 Å². The number of nitrogens with zero attached hydrogens (tertiary/aromatic N) is 4. The summed E-state index contributed by atoms with van der Waals surface area (Å²) in [5, 5.41) is 15.2. The first-order valence-electron chi connectivity index (χ1n) is 12.4. The Hall–Kier alpha value is -3.22. The lowest BCUT2D eigenvalue weighted by molar-refractivity contribution is -0.118. The van der Waals surface area contributed by atoms with Crippen molar-refractivity contribution in [2.24, 2.45) is 5.92 Å². The number of thioether (sulfide) groups is 1. The molecule has 0 aliphatic heterocycles. The molecule has 5 rings (SSSR count). The Bertz CT molecular complexity index is 1470. The van der Waals surface area contributed by atoms with Crippen LogP contribution in [0.1, 0.15) is 32.1 Å². The monoisotopic (exact) mass is 588 g/mol. The molecular weight excluding hydrogens is 563 g/mol. The molecule has 2 heterocycles. The molecule has 9 nitrogen and oxygen atoms in total. The number of benzene rings is 2. The van der Waals surface area contributed by atoms with Gasteiger partial charge in [-0.1, -0.05) is 54.0 Å². The fraction of sp³-hybridized carbons (Fsp3) is 0.346. The van der Waals surface area contributed by atoms with Crippen molar-refractivity contribution in [1.29, 1.82) is 0 Å². The lowest BCUT2D eigenvalue weighted by atomic mass is 9.91. The van der Waals surface area contributed by atoms with Crippen LogP contribution in [0.5, 0.6) is 11.5 Å². The molecule has 13 heteroatoms. The highest BCUT2D eigenvalue weighted by Gasteiger charge is 2.17. The van der Waals surface area contributed by atoms with Gasteiger partial charge in [-0.15, -0.1) is 10.2 Å². The summed E-state index contributed by atoms with van der Waals surface area (Å²) in [6.45, 7) is -0.268. The van der Waals surface area contributed by atoms with E-state index < -0.39 is 5.82 Å². The molecule has 0 atom stereocenters. The van der Waals surface area contributed by atoms with Crippen LogP contribution in [0.15, 0.2) is 41.0 Å².